The van der Waals surface area contributed by atoms with Gasteiger partial charge in [-0.1, -0.05) is 6.92 Å². The summed E-state index contributed by atoms with van der Waals surface area (Å²) in [5.74, 6) is -0.471. The van der Waals surface area contributed by atoms with E-state index in [0.29, 0.717) is 0 Å². The quantitative estimate of drug-likeness (QED) is 0.661. The number of hydrogen-bond acceptors (Lipinski definition) is 7. The Morgan fingerprint density at radius 3 is 2.70 bits per heavy atom. The third-order valence-electron chi connectivity index (χ3n) is 3.85. The van der Waals surface area contributed by atoms with Crippen molar-refractivity contribution in [2.45, 2.75) is 25.4 Å². The van der Waals surface area contributed by atoms with Gasteiger partial charge in [0.25, 0.3) is 5.56 Å². The zero-order chi connectivity index (χ0) is 17.4. The van der Waals surface area contributed by atoms with Crippen LogP contribution >= 0.6 is 7.82 Å². The van der Waals surface area contributed by atoms with Gasteiger partial charge in [-0.3, -0.25) is 23.0 Å². The fourth-order valence-electron chi connectivity index (χ4n) is 2.29. The van der Waals surface area contributed by atoms with Crippen LogP contribution in [0.3, 0.4) is 0 Å². The van der Waals surface area contributed by atoms with Crippen LogP contribution in [-0.4, -0.2) is 45.1 Å². The number of ether oxygens (including phenoxy) is 1. The number of phosphoric acid groups is 1. The lowest BCUT2D eigenvalue weighted by molar-refractivity contribution is -0.0537. The number of aliphatic hydroxyl groups is 1. The lowest BCUT2D eigenvalue weighted by Crippen LogP contribution is -2.41. The lowest BCUT2D eigenvalue weighted by atomic mass is 10.0. The van der Waals surface area contributed by atoms with Gasteiger partial charge in [-0.25, -0.2) is 9.36 Å². The van der Waals surface area contributed by atoms with Crippen molar-refractivity contribution in [3.8, 4) is 0 Å². The smallest absolute Gasteiger partial charge is 0.388 e. The molecule has 5 atom stereocenters. The summed E-state index contributed by atoms with van der Waals surface area (Å²) in [5, 5.41) is 10.3. The highest BCUT2D eigenvalue weighted by Crippen LogP contribution is 2.43. The van der Waals surface area contributed by atoms with E-state index in [-0.39, 0.29) is 6.61 Å². The molecule has 11 heteroatoms. The summed E-state index contributed by atoms with van der Waals surface area (Å²) in [5.41, 5.74) is -1.12. The van der Waals surface area contributed by atoms with Crippen molar-refractivity contribution in [1.82, 2.24) is 9.13 Å². The second-order valence-corrected chi connectivity index (χ2v) is 6.82. The van der Waals surface area contributed by atoms with E-state index in [2.05, 4.69) is 4.52 Å². The molecule has 1 aromatic heterocycles. The van der Waals surface area contributed by atoms with E-state index in [0.717, 1.165) is 16.2 Å². The van der Waals surface area contributed by atoms with Gasteiger partial charge in [0, 0.05) is 32.3 Å². The topological polar surface area (TPSA) is 129 Å². The maximum absolute atomic E-state index is 12.1. The Morgan fingerprint density at radius 1 is 1.43 bits per heavy atom. The monoisotopic (exact) mass is 350 g/mol. The molecule has 1 aromatic rings. The molecule has 0 aliphatic carbocycles. The maximum atomic E-state index is 12.1. The summed E-state index contributed by atoms with van der Waals surface area (Å²) < 4.78 is 27.9. The van der Waals surface area contributed by atoms with E-state index < -0.39 is 43.4 Å². The summed E-state index contributed by atoms with van der Waals surface area (Å²) in [7, 11) is -1.82. The molecule has 0 spiro atoms. The second kappa shape index (κ2) is 6.68. The van der Waals surface area contributed by atoms with Gasteiger partial charge in [0.2, 0.25) is 0 Å². The van der Waals surface area contributed by atoms with Crippen molar-refractivity contribution in [3.63, 3.8) is 0 Å². The molecular weight excluding hydrogens is 331 g/mol. The molecule has 0 bridgehead atoms. The average Bonchev–Trinajstić information content (AvgIpc) is 2.79. The van der Waals surface area contributed by atoms with Crippen LogP contribution in [0.5, 0.6) is 0 Å². The number of aromatic nitrogens is 2. The molecule has 2 unspecified atom stereocenters. The Bertz CT molecular complexity index is 729. The SMILES string of the molecule is COP(=O)(O)OC[C@H]1O[C@@H](n2ccc(=O)n(C)c2=O)[C@@H](O)C1C. The normalized spacial score (nSPS) is 30.3. The maximum Gasteiger partial charge on any atom is 0.472 e. The highest BCUT2D eigenvalue weighted by atomic mass is 31.2. The second-order valence-electron chi connectivity index (χ2n) is 5.26. The third kappa shape index (κ3) is 3.63. The van der Waals surface area contributed by atoms with Crippen LogP contribution in [0.15, 0.2) is 21.9 Å². The van der Waals surface area contributed by atoms with Gasteiger partial charge in [0.1, 0.15) is 6.10 Å². The van der Waals surface area contributed by atoms with E-state index in [1.807, 2.05) is 0 Å². The minimum Gasteiger partial charge on any atom is -0.388 e. The molecule has 0 aromatic carbocycles. The summed E-state index contributed by atoms with van der Waals surface area (Å²) >= 11 is 0. The van der Waals surface area contributed by atoms with Gasteiger partial charge in [0.15, 0.2) is 6.23 Å². The van der Waals surface area contributed by atoms with Crippen LogP contribution in [0, 0.1) is 5.92 Å². The van der Waals surface area contributed by atoms with Crippen LogP contribution in [0.25, 0.3) is 0 Å². The first-order valence-electron chi connectivity index (χ1n) is 6.82. The van der Waals surface area contributed by atoms with Crippen molar-refractivity contribution >= 4 is 7.82 Å². The standard InChI is InChI=1S/C12H19N2O8P/c1-7-8(6-21-23(18,19)20-3)22-11(10(7)16)14-5-4-9(15)13(2)12(14)17/h4-5,7-8,10-11,16H,6H2,1-3H3,(H,18,19)/t7?,8-,10+,11-/m1/s1. The number of nitrogens with zero attached hydrogens (tertiary/aromatic N) is 2. The molecular formula is C12H19N2O8P. The Balaban J connectivity index is 2.20. The zero-order valence-corrected chi connectivity index (χ0v) is 13.8. The predicted octanol–water partition coefficient (Wildman–Crippen LogP) is -0.795. The highest BCUT2D eigenvalue weighted by Gasteiger charge is 2.43. The van der Waals surface area contributed by atoms with E-state index in [9.17, 15) is 24.2 Å². The number of aliphatic hydroxyl groups excluding tert-OH is 1. The molecule has 0 amide bonds. The fraction of sp³-hybridized carbons (Fsp3) is 0.667. The van der Waals surface area contributed by atoms with Gasteiger partial charge in [-0.2, -0.15) is 0 Å². The number of hydrogen-bond donors (Lipinski definition) is 2. The van der Waals surface area contributed by atoms with Gasteiger partial charge in [0.05, 0.1) is 12.7 Å². The molecule has 1 aliphatic heterocycles. The summed E-state index contributed by atoms with van der Waals surface area (Å²) in [6.07, 6.45) is -1.58. The lowest BCUT2D eigenvalue weighted by Gasteiger charge is -2.18. The van der Waals surface area contributed by atoms with E-state index in [1.165, 1.54) is 19.3 Å². The van der Waals surface area contributed by atoms with Crippen LogP contribution in [0.2, 0.25) is 0 Å². The van der Waals surface area contributed by atoms with Crippen LogP contribution in [0.4, 0.5) is 0 Å². The zero-order valence-electron chi connectivity index (χ0n) is 12.9. The molecule has 130 valence electrons. The van der Waals surface area contributed by atoms with Crippen molar-refractivity contribution < 1.29 is 28.3 Å². The minimum absolute atomic E-state index is 0.295. The molecule has 2 rings (SSSR count). The Kier molecular flexibility index (Phi) is 5.24. The molecule has 10 nitrogen and oxygen atoms in total. The van der Waals surface area contributed by atoms with Gasteiger partial charge in [-0.15, -0.1) is 0 Å². The largest absolute Gasteiger partial charge is 0.472 e. The van der Waals surface area contributed by atoms with E-state index in [1.54, 1.807) is 6.92 Å². The summed E-state index contributed by atoms with van der Waals surface area (Å²) in [6.45, 7) is 1.36. The first-order chi connectivity index (χ1) is 10.7. The van der Waals surface area contributed by atoms with Crippen LogP contribution < -0.4 is 11.2 Å². The Labute approximate surface area is 131 Å². The molecule has 1 aliphatic rings. The van der Waals surface area contributed by atoms with E-state index >= 15 is 0 Å². The number of rotatable bonds is 5. The Morgan fingerprint density at radius 2 is 2.09 bits per heavy atom. The van der Waals surface area contributed by atoms with Crippen molar-refractivity contribution in [2.75, 3.05) is 13.7 Å². The fourth-order valence-corrected chi connectivity index (χ4v) is 2.73. The minimum atomic E-state index is -4.16. The van der Waals surface area contributed by atoms with Crippen molar-refractivity contribution in [1.29, 1.82) is 0 Å². The summed E-state index contributed by atoms with van der Waals surface area (Å²) in [6, 6.07) is 1.18. The average molecular weight is 350 g/mol. The molecule has 1 fully saturated rings. The highest BCUT2D eigenvalue weighted by molar-refractivity contribution is 7.47. The van der Waals surface area contributed by atoms with Crippen LogP contribution in [0.1, 0.15) is 13.2 Å². The Hall–Kier alpha value is -1.29. The van der Waals surface area contributed by atoms with Crippen molar-refractivity contribution in [2.24, 2.45) is 13.0 Å². The first-order valence-corrected chi connectivity index (χ1v) is 8.32. The van der Waals surface area contributed by atoms with Crippen LogP contribution in [-0.2, 0) is 25.4 Å². The van der Waals surface area contributed by atoms with Gasteiger partial charge >= 0.3 is 13.5 Å². The van der Waals surface area contributed by atoms with Crippen molar-refractivity contribution in [3.05, 3.63) is 33.1 Å². The van der Waals surface area contributed by atoms with Gasteiger partial charge in [-0.05, 0) is 0 Å². The molecule has 2 heterocycles. The molecule has 1 saturated heterocycles. The predicted molar refractivity (Wildman–Crippen MR) is 77.8 cm³/mol. The van der Waals surface area contributed by atoms with E-state index in [4.69, 9.17) is 9.26 Å². The van der Waals surface area contributed by atoms with Gasteiger partial charge < -0.3 is 14.7 Å². The molecule has 0 radical (unpaired) electrons. The first kappa shape index (κ1) is 18.1. The molecule has 23 heavy (non-hydrogen) atoms. The summed E-state index contributed by atoms with van der Waals surface area (Å²) in [4.78, 5) is 32.7. The molecule has 2 N–H and O–H groups in total. The third-order valence-corrected chi connectivity index (χ3v) is 4.79. The molecule has 0 saturated carbocycles. The number of phosphoric ester groups is 1.